The number of halogens is 3. The van der Waals surface area contributed by atoms with Gasteiger partial charge in [-0.05, 0) is 46.8 Å². The summed E-state index contributed by atoms with van der Waals surface area (Å²) in [5, 5.41) is 8.68. The Morgan fingerprint density at radius 2 is 2.03 bits per heavy atom. The highest BCUT2D eigenvalue weighted by Gasteiger charge is 2.28. The Morgan fingerprint density at radius 3 is 2.84 bits per heavy atom. The van der Waals surface area contributed by atoms with Crippen LogP contribution in [0.1, 0.15) is 15.2 Å². The number of amides is 1. The molecule has 3 heterocycles. The first kappa shape index (κ1) is 20.7. The molecule has 3 N–H and O–H groups in total. The van der Waals surface area contributed by atoms with Crippen LogP contribution in [0.3, 0.4) is 0 Å². The lowest BCUT2D eigenvalue weighted by Gasteiger charge is -2.10. The van der Waals surface area contributed by atoms with Crippen LogP contribution in [-0.4, -0.2) is 33.3 Å². The second kappa shape index (κ2) is 8.26. The Morgan fingerprint density at radius 1 is 1.19 bits per heavy atom. The number of carbonyl (C=O) groups excluding carboxylic acids is 1. The first-order chi connectivity index (χ1) is 14.8. The summed E-state index contributed by atoms with van der Waals surface area (Å²) < 4.78 is 43.2. The minimum absolute atomic E-state index is 0.0895. The first-order valence-corrected chi connectivity index (χ1v) is 9.92. The zero-order valence-corrected chi connectivity index (χ0v) is 16.7. The van der Waals surface area contributed by atoms with Crippen molar-refractivity contribution in [3.63, 3.8) is 0 Å². The molecule has 0 radical (unpaired) electrons. The summed E-state index contributed by atoms with van der Waals surface area (Å²) in [6.45, 7) is -1.22. The van der Waals surface area contributed by atoms with Crippen LogP contribution in [0.4, 0.5) is 19.1 Å². The number of fused-ring (bicyclic) bond motifs is 1. The van der Waals surface area contributed by atoms with E-state index in [4.69, 9.17) is 10.5 Å². The van der Waals surface area contributed by atoms with Gasteiger partial charge in [-0.2, -0.15) is 18.2 Å². The molecule has 0 atom stereocenters. The summed E-state index contributed by atoms with van der Waals surface area (Å²) in [6.07, 6.45) is -2.64. The van der Waals surface area contributed by atoms with Crippen molar-refractivity contribution in [2.75, 3.05) is 12.3 Å². The van der Waals surface area contributed by atoms with Crippen LogP contribution in [0.2, 0.25) is 0 Å². The van der Waals surface area contributed by atoms with E-state index in [9.17, 15) is 18.0 Å². The van der Waals surface area contributed by atoms with Gasteiger partial charge >= 0.3 is 6.18 Å². The van der Waals surface area contributed by atoms with Gasteiger partial charge in [-0.25, -0.2) is 4.52 Å². The van der Waals surface area contributed by atoms with E-state index < -0.39 is 12.8 Å². The van der Waals surface area contributed by atoms with Crippen LogP contribution in [0.5, 0.6) is 5.75 Å². The second-order valence-electron chi connectivity index (χ2n) is 6.62. The minimum Gasteiger partial charge on any atom is -0.484 e. The molecular weight excluding hydrogens is 431 g/mol. The van der Waals surface area contributed by atoms with Crippen molar-refractivity contribution in [3.8, 4) is 16.9 Å². The van der Waals surface area contributed by atoms with Gasteiger partial charge < -0.3 is 15.8 Å². The molecule has 0 aliphatic carbocycles. The number of nitrogen functional groups attached to an aromatic ring is 1. The Balaban J connectivity index is 1.40. The van der Waals surface area contributed by atoms with E-state index in [1.807, 2.05) is 11.4 Å². The van der Waals surface area contributed by atoms with Gasteiger partial charge in [0, 0.05) is 18.3 Å². The summed E-state index contributed by atoms with van der Waals surface area (Å²) >= 11 is 1.28. The molecule has 31 heavy (non-hydrogen) atoms. The molecule has 0 bridgehead atoms. The quantitative estimate of drug-likeness (QED) is 0.467. The highest BCUT2D eigenvalue weighted by Crippen LogP contribution is 2.26. The van der Waals surface area contributed by atoms with Crippen molar-refractivity contribution in [2.45, 2.75) is 12.7 Å². The maximum atomic E-state index is 12.5. The lowest BCUT2D eigenvalue weighted by atomic mass is 10.1. The number of hydrogen-bond donors (Lipinski definition) is 2. The first-order valence-electron chi connectivity index (χ1n) is 9.04. The third-order valence-corrected chi connectivity index (χ3v) is 5.19. The SMILES string of the molecule is Nc1nc2ccc(-c3csc(C(=O)NCc4cccc(OCC(F)(F)F)c4)c3)cn2n1. The van der Waals surface area contributed by atoms with E-state index in [0.717, 1.165) is 11.1 Å². The van der Waals surface area contributed by atoms with Gasteiger partial charge in [-0.3, -0.25) is 4.79 Å². The summed E-state index contributed by atoms with van der Waals surface area (Å²) in [6, 6.07) is 11.6. The monoisotopic (exact) mass is 447 g/mol. The number of nitrogens with one attached hydrogen (secondary N) is 1. The molecule has 0 aliphatic heterocycles. The molecule has 1 amide bonds. The fourth-order valence-corrected chi connectivity index (χ4v) is 3.69. The predicted molar refractivity (Wildman–Crippen MR) is 110 cm³/mol. The Kier molecular flexibility index (Phi) is 5.51. The molecule has 0 saturated carbocycles. The molecule has 0 unspecified atom stereocenters. The number of aromatic nitrogens is 3. The van der Waals surface area contributed by atoms with Gasteiger partial charge in [0.25, 0.3) is 5.91 Å². The van der Waals surface area contributed by atoms with E-state index in [0.29, 0.717) is 16.1 Å². The summed E-state index contributed by atoms with van der Waals surface area (Å²) in [4.78, 5) is 17.1. The number of benzene rings is 1. The Bertz CT molecular complexity index is 1240. The van der Waals surface area contributed by atoms with Crippen molar-refractivity contribution < 1.29 is 22.7 Å². The molecule has 4 aromatic rings. The molecule has 160 valence electrons. The van der Waals surface area contributed by atoms with Crippen LogP contribution in [0.25, 0.3) is 16.8 Å². The molecule has 0 aliphatic rings. The lowest BCUT2D eigenvalue weighted by molar-refractivity contribution is -0.153. The maximum Gasteiger partial charge on any atom is 0.422 e. The Hall–Kier alpha value is -3.60. The van der Waals surface area contributed by atoms with E-state index in [1.165, 1.54) is 23.5 Å². The van der Waals surface area contributed by atoms with Gasteiger partial charge in [0.1, 0.15) is 5.75 Å². The number of hydrogen-bond acceptors (Lipinski definition) is 6. The lowest BCUT2D eigenvalue weighted by Crippen LogP contribution is -2.22. The van der Waals surface area contributed by atoms with Crippen LogP contribution in [-0.2, 0) is 6.54 Å². The van der Waals surface area contributed by atoms with Crippen molar-refractivity contribution in [3.05, 3.63) is 64.5 Å². The average Bonchev–Trinajstić information content (AvgIpc) is 3.36. The molecule has 0 fully saturated rings. The molecule has 0 saturated heterocycles. The maximum absolute atomic E-state index is 12.5. The standard InChI is InChI=1S/C20H16F3N5O2S/c21-20(22,23)11-30-15-3-1-2-12(6-15)8-25-18(29)16-7-14(10-31-16)13-4-5-17-26-19(24)27-28(17)9-13/h1-7,9-10H,8,11H2,(H2,24,27)(H,25,29). The van der Waals surface area contributed by atoms with Crippen molar-refractivity contribution in [2.24, 2.45) is 0 Å². The third kappa shape index (κ3) is 5.12. The molecule has 0 spiro atoms. The van der Waals surface area contributed by atoms with Gasteiger partial charge in [0.2, 0.25) is 5.95 Å². The number of alkyl halides is 3. The predicted octanol–water partition coefficient (Wildman–Crippen LogP) is 3.91. The smallest absolute Gasteiger partial charge is 0.422 e. The average molecular weight is 447 g/mol. The van der Waals surface area contributed by atoms with Crippen LogP contribution < -0.4 is 15.8 Å². The van der Waals surface area contributed by atoms with Crippen molar-refractivity contribution in [1.82, 2.24) is 19.9 Å². The van der Waals surface area contributed by atoms with Crippen molar-refractivity contribution >= 4 is 28.8 Å². The summed E-state index contributed by atoms with van der Waals surface area (Å²) in [7, 11) is 0. The number of rotatable bonds is 6. The van der Waals surface area contributed by atoms with Crippen LogP contribution >= 0.6 is 11.3 Å². The second-order valence-corrected chi connectivity index (χ2v) is 7.54. The largest absolute Gasteiger partial charge is 0.484 e. The van der Waals surface area contributed by atoms with E-state index in [2.05, 4.69) is 15.4 Å². The highest BCUT2D eigenvalue weighted by molar-refractivity contribution is 7.12. The number of carbonyl (C=O) groups is 1. The van der Waals surface area contributed by atoms with Crippen LogP contribution in [0.15, 0.2) is 54.0 Å². The molecule has 3 aromatic heterocycles. The number of thiophene rings is 1. The number of nitrogens with two attached hydrogens (primary N) is 1. The summed E-state index contributed by atoms with van der Waals surface area (Å²) in [5.41, 5.74) is 8.53. The van der Waals surface area contributed by atoms with Gasteiger partial charge in [0.05, 0.1) is 4.88 Å². The molecule has 11 heteroatoms. The number of anilines is 1. The van der Waals surface area contributed by atoms with Gasteiger partial charge in [-0.1, -0.05) is 12.1 Å². The van der Waals surface area contributed by atoms with Gasteiger partial charge in [-0.15, -0.1) is 16.4 Å². The van der Waals surface area contributed by atoms with E-state index >= 15 is 0 Å². The Labute approximate surface area is 178 Å². The van der Waals surface area contributed by atoms with Crippen molar-refractivity contribution in [1.29, 1.82) is 0 Å². The normalized spacial score (nSPS) is 11.6. The molecular formula is C20H16F3N5O2S. The molecule has 1 aromatic carbocycles. The summed E-state index contributed by atoms with van der Waals surface area (Å²) in [5.74, 6) is -0.0222. The molecule has 4 rings (SSSR count). The third-order valence-electron chi connectivity index (χ3n) is 4.26. The van der Waals surface area contributed by atoms with E-state index in [1.54, 1.807) is 35.0 Å². The topological polar surface area (TPSA) is 94.5 Å². The minimum atomic E-state index is -4.41. The fraction of sp³-hybridized carbons (Fsp3) is 0.150. The number of nitrogens with zero attached hydrogens (tertiary/aromatic N) is 3. The fourth-order valence-electron chi connectivity index (χ4n) is 2.86. The number of ether oxygens (including phenoxy) is 1. The van der Waals surface area contributed by atoms with Crippen LogP contribution in [0, 0.1) is 0 Å². The van der Waals surface area contributed by atoms with Gasteiger partial charge in [0.15, 0.2) is 12.3 Å². The van der Waals surface area contributed by atoms with E-state index in [-0.39, 0.29) is 24.1 Å². The zero-order valence-electron chi connectivity index (χ0n) is 15.9. The molecule has 7 nitrogen and oxygen atoms in total. The highest BCUT2D eigenvalue weighted by atomic mass is 32.1. The zero-order chi connectivity index (χ0) is 22.0. The number of pyridine rings is 1.